The van der Waals surface area contributed by atoms with Gasteiger partial charge in [-0.05, 0) is 48.6 Å². The first-order chi connectivity index (χ1) is 16.3. The van der Waals surface area contributed by atoms with Crippen LogP contribution in [0.5, 0.6) is 0 Å². The third kappa shape index (κ3) is 10.4. The number of rotatable bonds is 8. The van der Waals surface area contributed by atoms with Crippen LogP contribution in [0.4, 0.5) is 11.4 Å². The van der Waals surface area contributed by atoms with Gasteiger partial charge in [0.2, 0.25) is 0 Å². The van der Waals surface area contributed by atoms with Gasteiger partial charge in [-0.25, -0.2) is 0 Å². The van der Waals surface area contributed by atoms with Gasteiger partial charge in [0.25, 0.3) is 0 Å². The van der Waals surface area contributed by atoms with E-state index in [9.17, 15) is 0 Å². The van der Waals surface area contributed by atoms with Crippen molar-refractivity contribution in [2.75, 3.05) is 0 Å². The van der Waals surface area contributed by atoms with Gasteiger partial charge < -0.3 is 15.2 Å². The van der Waals surface area contributed by atoms with Gasteiger partial charge in [0.1, 0.15) is 0 Å². The Kier molecular flexibility index (Phi) is 14.8. The van der Waals surface area contributed by atoms with Crippen molar-refractivity contribution in [3.8, 4) is 0 Å². The van der Waals surface area contributed by atoms with Gasteiger partial charge in [0, 0.05) is 11.7 Å². The number of aliphatic carboxylic acids is 1. The maximum absolute atomic E-state index is 8.89. The molecule has 4 nitrogen and oxygen atoms in total. The molecule has 0 bridgehead atoms. The summed E-state index contributed by atoms with van der Waals surface area (Å²) >= 11 is 0. The Labute approximate surface area is 232 Å². The third-order valence-electron chi connectivity index (χ3n) is 5.68. The summed E-state index contributed by atoms with van der Waals surface area (Å²) in [5.41, 5.74) is 9.45. The molecule has 0 amide bonds. The summed E-state index contributed by atoms with van der Waals surface area (Å²) in [5, 5.41) is 14.0. The maximum atomic E-state index is 8.89. The molecule has 2 rings (SSSR count). The van der Waals surface area contributed by atoms with Crippen LogP contribution >= 0.6 is 0 Å². The zero-order chi connectivity index (χ0) is 26.9. The SMILES string of the molecule is CC(/C=C(/C)[N-]c1c(C(C)C)cccc1C(C)C)=Nc1c(C(C)C)cccc1C(C)C.CC(=O)[O-].[Zn+2]. The number of nitrogens with zero attached hydrogens (tertiary/aromatic N) is 2. The molecule has 0 atom stereocenters. The fraction of sp³-hybridized carbons (Fsp3) is 0.484. The predicted octanol–water partition coefficient (Wildman–Crippen LogP) is 8.64. The van der Waals surface area contributed by atoms with E-state index in [0.717, 1.165) is 29.7 Å². The van der Waals surface area contributed by atoms with Crippen LogP contribution < -0.4 is 5.11 Å². The molecule has 0 aromatic heterocycles. The summed E-state index contributed by atoms with van der Waals surface area (Å²) in [6, 6.07) is 13.1. The van der Waals surface area contributed by atoms with E-state index in [2.05, 4.69) is 112 Å². The Hall–Kier alpha value is -2.26. The summed E-state index contributed by atoms with van der Waals surface area (Å²) in [6.07, 6.45) is 2.11. The molecule has 2 aromatic carbocycles. The Bertz CT molecular complexity index is 994. The van der Waals surface area contributed by atoms with Crippen molar-refractivity contribution >= 4 is 23.1 Å². The normalized spacial score (nSPS) is 12.0. The fourth-order valence-electron chi connectivity index (χ4n) is 4.00. The van der Waals surface area contributed by atoms with E-state index in [0.29, 0.717) is 23.7 Å². The molecule has 5 heteroatoms. The van der Waals surface area contributed by atoms with Gasteiger partial charge in [0.05, 0.1) is 5.69 Å². The number of benzene rings is 2. The number of carbonyl (C=O) groups excluding carboxylic acids is 1. The van der Waals surface area contributed by atoms with E-state index in [1.165, 1.54) is 22.3 Å². The first-order valence-electron chi connectivity index (χ1n) is 12.6. The third-order valence-corrected chi connectivity index (χ3v) is 5.68. The summed E-state index contributed by atoms with van der Waals surface area (Å²) in [5.74, 6) is 0.663. The molecule has 0 saturated heterocycles. The Morgan fingerprint density at radius 1 is 0.750 bits per heavy atom. The second-order valence-corrected chi connectivity index (χ2v) is 10.3. The monoisotopic (exact) mass is 540 g/mol. The molecule has 2 aromatic rings. The van der Waals surface area contributed by atoms with Gasteiger partial charge in [-0.3, -0.25) is 4.99 Å². The molecule has 0 saturated carbocycles. The molecule has 0 N–H and O–H groups in total. The van der Waals surface area contributed by atoms with Crippen LogP contribution in [-0.2, 0) is 24.3 Å². The number of para-hydroxylation sites is 2. The number of carbonyl (C=O) groups is 1. The van der Waals surface area contributed by atoms with Crippen molar-refractivity contribution in [1.29, 1.82) is 0 Å². The molecule has 0 aliphatic rings. The predicted molar refractivity (Wildman–Crippen MR) is 149 cm³/mol. The summed E-state index contributed by atoms with van der Waals surface area (Å²) in [6.45, 7) is 23.0. The van der Waals surface area contributed by atoms with Crippen LogP contribution in [-0.4, -0.2) is 11.7 Å². The minimum atomic E-state index is -1.08. The Morgan fingerprint density at radius 2 is 1.08 bits per heavy atom. The van der Waals surface area contributed by atoms with Gasteiger partial charge in [-0.2, -0.15) is 5.70 Å². The van der Waals surface area contributed by atoms with E-state index in [1.807, 2.05) is 0 Å². The number of carboxylic acid groups (broad SMARTS) is 1. The molecule has 192 valence electrons. The van der Waals surface area contributed by atoms with Gasteiger partial charge >= 0.3 is 19.5 Å². The Balaban J connectivity index is 0.00000227. The first kappa shape index (κ1) is 33.7. The fourth-order valence-corrected chi connectivity index (χ4v) is 4.00. The molecule has 0 spiro atoms. The zero-order valence-corrected chi connectivity index (χ0v) is 27.2. The molecule has 0 aliphatic heterocycles. The van der Waals surface area contributed by atoms with Crippen molar-refractivity contribution in [3.05, 3.63) is 75.7 Å². The van der Waals surface area contributed by atoms with Crippen LogP contribution in [0.1, 0.15) is 122 Å². The van der Waals surface area contributed by atoms with Crippen LogP contribution in [0, 0.1) is 0 Å². The smallest absolute Gasteiger partial charge is 0.661 e. The zero-order valence-electron chi connectivity index (χ0n) is 24.3. The average Bonchev–Trinajstić information content (AvgIpc) is 2.72. The topological polar surface area (TPSA) is 66.6 Å². The van der Waals surface area contributed by atoms with Crippen molar-refractivity contribution in [2.24, 2.45) is 4.99 Å². The van der Waals surface area contributed by atoms with Crippen molar-refractivity contribution in [1.82, 2.24) is 0 Å². The van der Waals surface area contributed by atoms with Crippen LogP contribution in [0.15, 0.2) is 53.2 Å². The molecular weight excluding hydrogens is 498 g/mol. The van der Waals surface area contributed by atoms with Crippen molar-refractivity contribution < 1.29 is 29.4 Å². The number of hydrogen-bond acceptors (Lipinski definition) is 3. The first-order valence-corrected chi connectivity index (χ1v) is 12.6. The number of carboxylic acids is 1. The van der Waals surface area contributed by atoms with Gasteiger partial charge in [-0.1, -0.05) is 116 Å². The van der Waals surface area contributed by atoms with Gasteiger partial charge in [0.15, 0.2) is 0 Å². The molecule has 0 unspecified atom stereocenters. The quantitative estimate of drug-likeness (QED) is 0.248. The summed E-state index contributed by atoms with van der Waals surface area (Å²) < 4.78 is 0. The molecule has 36 heavy (non-hydrogen) atoms. The Morgan fingerprint density at radius 3 is 1.42 bits per heavy atom. The minimum Gasteiger partial charge on any atom is -0.661 e. The number of aliphatic imine (C=N–C) groups is 1. The van der Waals surface area contributed by atoms with E-state index >= 15 is 0 Å². The molecule has 0 aliphatic carbocycles. The van der Waals surface area contributed by atoms with Crippen LogP contribution in [0.2, 0.25) is 0 Å². The maximum Gasteiger partial charge on any atom is 2.00 e. The number of hydrogen-bond donors (Lipinski definition) is 0. The molecule has 0 radical (unpaired) electrons. The average molecular weight is 542 g/mol. The van der Waals surface area contributed by atoms with E-state index < -0.39 is 5.97 Å². The van der Waals surface area contributed by atoms with Crippen LogP contribution in [0.3, 0.4) is 0 Å². The van der Waals surface area contributed by atoms with Crippen molar-refractivity contribution in [2.45, 2.75) is 99.8 Å². The largest absolute Gasteiger partial charge is 2.00 e. The number of allylic oxidation sites excluding steroid dienone is 2. The summed E-state index contributed by atoms with van der Waals surface area (Å²) in [7, 11) is 0. The van der Waals surface area contributed by atoms with E-state index in [-0.39, 0.29) is 19.5 Å². The van der Waals surface area contributed by atoms with Crippen molar-refractivity contribution in [3.63, 3.8) is 0 Å². The molecule has 0 fully saturated rings. The van der Waals surface area contributed by atoms with E-state index in [4.69, 9.17) is 20.2 Å². The second-order valence-electron chi connectivity index (χ2n) is 10.3. The molecule has 0 heterocycles. The second kappa shape index (κ2) is 15.8. The molecular formula is C31H44N2O2Zn. The van der Waals surface area contributed by atoms with Crippen LogP contribution in [0.25, 0.3) is 5.32 Å². The van der Waals surface area contributed by atoms with Gasteiger partial charge in [-0.15, -0.1) is 5.69 Å². The minimum absolute atomic E-state index is 0. The standard InChI is InChI=1S/C29H41N2.C2H4O2.Zn/c1-18(2)24-13-11-14-25(19(3)4)28(24)30-22(9)17-23(10)31-29-26(20(5)6)15-12-16-27(29)21(7)8;1-2(3)4;/h11-21H,1-10H3;1H3,(H,3,4);/q-1;;+2/p-1/b22-17-,31-23?;;. The summed E-state index contributed by atoms with van der Waals surface area (Å²) in [4.78, 5) is 14.0. The van der Waals surface area contributed by atoms with E-state index in [1.54, 1.807) is 0 Å².